The predicted octanol–water partition coefficient (Wildman–Crippen LogP) is 5.39. The summed E-state index contributed by atoms with van der Waals surface area (Å²) in [6, 6.07) is 16.4. The normalized spacial score (nSPS) is 13.0. The number of nitrogens with one attached hydrogen (secondary N) is 1. The van der Waals surface area contributed by atoms with Crippen LogP contribution < -0.4 is 5.32 Å². The van der Waals surface area contributed by atoms with Gasteiger partial charge in [-0.15, -0.1) is 0 Å². The van der Waals surface area contributed by atoms with Crippen LogP contribution in [0.1, 0.15) is 38.8 Å². The Morgan fingerprint density at radius 2 is 1.55 bits per heavy atom. The average Bonchev–Trinajstić information content (AvgIpc) is 2.78. The Morgan fingerprint density at radius 3 is 2.12 bits per heavy atom. The Labute approximate surface area is 201 Å². The lowest BCUT2D eigenvalue weighted by Gasteiger charge is -2.32. The van der Waals surface area contributed by atoms with E-state index in [0.29, 0.717) is 11.4 Å². The molecule has 0 aliphatic carbocycles. The lowest BCUT2D eigenvalue weighted by atomic mass is 9.91. The van der Waals surface area contributed by atoms with E-state index in [4.69, 9.17) is 9.47 Å². The highest BCUT2D eigenvalue weighted by atomic mass is 79.9. The van der Waals surface area contributed by atoms with Gasteiger partial charge < -0.3 is 14.8 Å². The van der Waals surface area contributed by atoms with Crippen molar-refractivity contribution in [1.82, 2.24) is 15.3 Å². The number of aromatic nitrogens is 2. The van der Waals surface area contributed by atoms with E-state index in [-0.39, 0.29) is 6.61 Å². The van der Waals surface area contributed by atoms with Crippen LogP contribution in [-0.2, 0) is 26.4 Å². The molecular weight excluding hydrogens is 486 g/mol. The summed E-state index contributed by atoms with van der Waals surface area (Å²) in [7, 11) is 0. The predicted molar refractivity (Wildman–Crippen MR) is 128 cm³/mol. The number of nitrogens with zero attached hydrogens (tertiary/aromatic N) is 2. The van der Waals surface area contributed by atoms with Crippen molar-refractivity contribution in [3.8, 4) is 11.4 Å². The smallest absolute Gasteiger partial charge is 0.408 e. The summed E-state index contributed by atoms with van der Waals surface area (Å²) in [5.41, 5.74) is -0.0662. The number of hydrogen-bond acceptors (Lipinski definition) is 6. The van der Waals surface area contributed by atoms with Crippen LogP contribution in [0.5, 0.6) is 0 Å². The molecule has 0 unspecified atom stereocenters. The Morgan fingerprint density at radius 1 is 0.939 bits per heavy atom. The van der Waals surface area contributed by atoms with E-state index in [1.165, 1.54) is 0 Å². The maximum atomic E-state index is 13.2. The fraction of sp³-hybridized carbons (Fsp3) is 0.280. The molecule has 0 aliphatic rings. The van der Waals surface area contributed by atoms with Crippen molar-refractivity contribution in [2.45, 2.75) is 45.4 Å². The molecule has 3 rings (SSSR count). The fourth-order valence-corrected chi connectivity index (χ4v) is 3.20. The van der Waals surface area contributed by atoms with Crippen molar-refractivity contribution in [1.29, 1.82) is 0 Å². The Hall–Kier alpha value is -3.26. The molecule has 0 saturated carbocycles. The average molecular weight is 512 g/mol. The Bertz CT molecular complexity index is 1100. The molecule has 1 N–H and O–H groups in total. The number of alkyl carbamates (subject to hydrolysis) is 1. The number of hydrogen-bond donors (Lipinski definition) is 1. The molecule has 0 radical (unpaired) electrons. The number of rotatable bonds is 6. The summed E-state index contributed by atoms with van der Waals surface area (Å²) in [5.74, 6) is -0.0572. The molecular formula is C25H26BrN3O4. The topological polar surface area (TPSA) is 90.4 Å². The van der Waals surface area contributed by atoms with Crippen molar-refractivity contribution in [3.63, 3.8) is 0 Å². The van der Waals surface area contributed by atoms with Gasteiger partial charge in [-0.3, -0.25) is 0 Å². The van der Waals surface area contributed by atoms with Crippen LogP contribution in [0.3, 0.4) is 0 Å². The zero-order valence-electron chi connectivity index (χ0n) is 19.0. The zero-order chi connectivity index (χ0) is 24.1. The summed E-state index contributed by atoms with van der Waals surface area (Å²) in [6.07, 6.45) is 2.59. The Balaban J connectivity index is 1.84. The summed E-state index contributed by atoms with van der Waals surface area (Å²) in [5, 5.41) is 2.70. The highest BCUT2D eigenvalue weighted by Gasteiger charge is 2.41. The fourth-order valence-electron chi connectivity index (χ4n) is 3.00. The number of benzene rings is 2. The lowest BCUT2D eigenvalue weighted by molar-refractivity contribution is -0.162. The van der Waals surface area contributed by atoms with Crippen molar-refractivity contribution in [2.75, 3.05) is 0 Å². The van der Waals surface area contributed by atoms with Gasteiger partial charge in [-0.2, -0.15) is 0 Å². The van der Waals surface area contributed by atoms with Crippen molar-refractivity contribution < 1.29 is 19.1 Å². The second kappa shape index (κ2) is 10.1. The molecule has 3 aromatic rings. The number of carbonyl (C=O) groups excluding carboxylic acids is 2. The molecule has 0 bridgehead atoms. The SMILES string of the molecule is CC(C)(C)OC(=O)[C@@](C)(NC(=O)OCc1ccccc1)c1ccc(-c2ncc(Br)cn2)cc1. The van der Waals surface area contributed by atoms with Gasteiger partial charge >= 0.3 is 12.1 Å². The minimum Gasteiger partial charge on any atom is -0.458 e. The van der Waals surface area contributed by atoms with Crippen LogP contribution >= 0.6 is 15.9 Å². The molecule has 33 heavy (non-hydrogen) atoms. The molecule has 1 aromatic heterocycles. The Kier molecular flexibility index (Phi) is 7.48. The molecule has 0 fully saturated rings. The first-order valence-corrected chi connectivity index (χ1v) is 11.2. The first kappa shape index (κ1) is 24.4. The maximum Gasteiger partial charge on any atom is 0.408 e. The number of amides is 1. The number of esters is 1. The van der Waals surface area contributed by atoms with Gasteiger partial charge in [0.1, 0.15) is 12.2 Å². The summed E-state index contributed by atoms with van der Waals surface area (Å²) in [4.78, 5) is 34.4. The van der Waals surface area contributed by atoms with E-state index in [2.05, 4.69) is 31.2 Å². The van der Waals surface area contributed by atoms with Gasteiger partial charge in [0, 0.05) is 18.0 Å². The molecule has 1 amide bonds. The van der Waals surface area contributed by atoms with Gasteiger partial charge in [0.25, 0.3) is 0 Å². The molecule has 7 nitrogen and oxygen atoms in total. The third-order valence-corrected chi connectivity index (χ3v) is 5.12. The molecule has 0 aliphatic heterocycles. The first-order valence-electron chi connectivity index (χ1n) is 10.4. The number of halogens is 1. The molecule has 0 spiro atoms. The van der Waals surface area contributed by atoms with Gasteiger partial charge in [0.05, 0.1) is 4.47 Å². The van der Waals surface area contributed by atoms with E-state index >= 15 is 0 Å². The quantitative estimate of drug-likeness (QED) is 0.446. The molecule has 8 heteroatoms. The third kappa shape index (κ3) is 6.61. The summed E-state index contributed by atoms with van der Waals surface area (Å²) in [6.45, 7) is 6.99. The van der Waals surface area contributed by atoms with Gasteiger partial charge in [-0.25, -0.2) is 19.6 Å². The molecule has 2 aromatic carbocycles. The number of ether oxygens (including phenoxy) is 2. The van der Waals surface area contributed by atoms with Crippen molar-refractivity contribution in [2.24, 2.45) is 0 Å². The van der Waals surface area contributed by atoms with Crippen LogP contribution in [0.2, 0.25) is 0 Å². The summed E-state index contributed by atoms with van der Waals surface area (Å²) < 4.78 is 11.7. The minimum absolute atomic E-state index is 0.0803. The van der Waals surface area contributed by atoms with Gasteiger partial charge in [-0.1, -0.05) is 54.6 Å². The highest BCUT2D eigenvalue weighted by Crippen LogP contribution is 2.28. The molecule has 0 saturated heterocycles. The van der Waals surface area contributed by atoms with Crippen LogP contribution in [0, 0.1) is 0 Å². The second-order valence-corrected chi connectivity index (χ2v) is 9.53. The molecule has 1 atom stereocenters. The number of carbonyl (C=O) groups is 2. The van der Waals surface area contributed by atoms with Gasteiger partial charge in [0.15, 0.2) is 11.4 Å². The van der Waals surface area contributed by atoms with E-state index in [1.54, 1.807) is 64.4 Å². The molecule has 172 valence electrons. The van der Waals surface area contributed by atoms with Crippen LogP contribution in [0.4, 0.5) is 4.79 Å². The van der Waals surface area contributed by atoms with Gasteiger partial charge in [0.2, 0.25) is 0 Å². The zero-order valence-corrected chi connectivity index (χ0v) is 20.5. The first-order chi connectivity index (χ1) is 15.6. The highest BCUT2D eigenvalue weighted by molar-refractivity contribution is 9.10. The van der Waals surface area contributed by atoms with E-state index < -0.39 is 23.2 Å². The van der Waals surface area contributed by atoms with Crippen molar-refractivity contribution in [3.05, 3.63) is 82.6 Å². The summed E-state index contributed by atoms with van der Waals surface area (Å²) >= 11 is 3.32. The van der Waals surface area contributed by atoms with Gasteiger partial charge in [-0.05, 0) is 54.8 Å². The monoisotopic (exact) mass is 511 g/mol. The van der Waals surface area contributed by atoms with Crippen LogP contribution in [0.15, 0.2) is 71.5 Å². The largest absolute Gasteiger partial charge is 0.458 e. The van der Waals surface area contributed by atoms with Crippen molar-refractivity contribution >= 4 is 28.0 Å². The van der Waals surface area contributed by atoms with E-state index in [0.717, 1.165) is 15.6 Å². The molecule has 1 heterocycles. The lowest BCUT2D eigenvalue weighted by Crippen LogP contribution is -2.52. The minimum atomic E-state index is -1.47. The second-order valence-electron chi connectivity index (χ2n) is 8.62. The third-order valence-electron chi connectivity index (χ3n) is 4.71. The maximum absolute atomic E-state index is 13.2. The van der Waals surface area contributed by atoms with Crippen LogP contribution in [0.25, 0.3) is 11.4 Å². The van der Waals surface area contributed by atoms with E-state index in [9.17, 15) is 9.59 Å². The van der Waals surface area contributed by atoms with E-state index in [1.807, 2.05) is 30.3 Å². The van der Waals surface area contributed by atoms with Crippen LogP contribution in [-0.4, -0.2) is 27.6 Å². The standard InChI is InChI=1S/C25H26BrN3O4/c1-24(2,3)33-22(30)25(4,29-23(31)32-16-17-8-6-5-7-9-17)19-12-10-18(11-13-19)21-27-14-20(26)15-28-21/h5-15H,16H2,1-4H3,(H,29,31)/t25-/m0/s1.